The third-order valence-electron chi connectivity index (χ3n) is 5.57. The number of para-hydroxylation sites is 1. The fourth-order valence-electron chi connectivity index (χ4n) is 3.95. The Morgan fingerprint density at radius 2 is 1.86 bits per heavy atom. The van der Waals surface area contributed by atoms with Crippen LogP contribution in [0, 0.1) is 11.7 Å². The Labute approximate surface area is 171 Å². The second-order valence-corrected chi connectivity index (χ2v) is 7.83. The molecule has 1 heterocycles. The Morgan fingerprint density at radius 3 is 2.50 bits per heavy atom. The van der Waals surface area contributed by atoms with Gasteiger partial charge in [0, 0.05) is 29.4 Å². The molecule has 1 amide bonds. The minimum atomic E-state index is -0.288. The van der Waals surface area contributed by atoms with Gasteiger partial charge in [0.15, 0.2) is 0 Å². The van der Waals surface area contributed by atoms with Gasteiger partial charge >= 0.3 is 0 Å². The Hall–Kier alpha value is -1.91. The molecule has 0 saturated carbocycles. The van der Waals surface area contributed by atoms with Gasteiger partial charge in [-0.3, -0.25) is 9.69 Å². The van der Waals surface area contributed by atoms with Crippen LogP contribution in [-0.4, -0.2) is 23.9 Å². The molecule has 1 saturated heterocycles. The van der Waals surface area contributed by atoms with E-state index in [0.717, 1.165) is 37.9 Å². The zero-order chi connectivity index (χ0) is 20.1. The van der Waals surface area contributed by atoms with Gasteiger partial charge in [0.05, 0.1) is 5.92 Å². The number of amides is 1. The summed E-state index contributed by atoms with van der Waals surface area (Å²) in [5.41, 5.74) is 3.80. The first-order chi connectivity index (χ1) is 13.5. The largest absolute Gasteiger partial charge is 0.325 e. The second kappa shape index (κ2) is 9.53. The number of anilines is 1. The molecule has 3 nitrogen and oxygen atoms in total. The minimum Gasteiger partial charge on any atom is -0.325 e. The van der Waals surface area contributed by atoms with E-state index in [1.807, 2.05) is 6.07 Å². The summed E-state index contributed by atoms with van der Waals surface area (Å²) in [7, 11) is 0. The van der Waals surface area contributed by atoms with E-state index in [-0.39, 0.29) is 17.6 Å². The number of piperidine rings is 1. The highest BCUT2D eigenvalue weighted by Gasteiger charge is 2.27. The number of carbonyl (C=O) groups is 1. The summed E-state index contributed by atoms with van der Waals surface area (Å²) >= 11 is 6.18. The van der Waals surface area contributed by atoms with Crippen molar-refractivity contribution in [2.75, 3.05) is 18.4 Å². The molecular weight excluding hydrogens is 375 g/mol. The molecule has 28 heavy (non-hydrogen) atoms. The van der Waals surface area contributed by atoms with Crippen LogP contribution in [0.5, 0.6) is 0 Å². The number of halogens is 2. The molecule has 0 spiro atoms. The van der Waals surface area contributed by atoms with Crippen molar-refractivity contribution < 1.29 is 9.18 Å². The summed E-state index contributed by atoms with van der Waals surface area (Å²) in [5, 5.41) is 3.63. The van der Waals surface area contributed by atoms with Gasteiger partial charge in [-0.1, -0.05) is 49.7 Å². The maximum atomic E-state index is 14.1. The highest BCUT2D eigenvalue weighted by atomic mass is 35.5. The van der Waals surface area contributed by atoms with Crippen LogP contribution in [-0.2, 0) is 24.2 Å². The average molecular weight is 403 g/mol. The lowest BCUT2D eigenvalue weighted by atomic mass is 9.95. The Kier molecular flexibility index (Phi) is 7.08. The molecule has 1 N–H and O–H groups in total. The average Bonchev–Trinajstić information content (AvgIpc) is 2.71. The van der Waals surface area contributed by atoms with Crippen molar-refractivity contribution in [2.45, 2.75) is 46.1 Å². The molecule has 5 heteroatoms. The standard InChI is InChI=1S/C23H28ClFN2O/c1-3-16-8-5-9-17(4-2)22(16)26-23(28)18-10-7-13-27(14-18)15-19-20(24)11-6-12-21(19)25/h5-6,8-9,11-12,18H,3-4,7,10,13-15H2,1-2H3,(H,26,28). The van der Waals surface area contributed by atoms with Crippen molar-refractivity contribution in [2.24, 2.45) is 5.92 Å². The zero-order valence-corrected chi connectivity index (χ0v) is 17.4. The lowest BCUT2D eigenvalue weighted by molar-refractivity contribution is -0.121. The van der Waals surface area contributed by atoms with Gasteiger partial charge < -0.3 is 5.32 Å². The van der Waals surface area contributed by atoms with E-state index >= 15 is 0 Å². The van der Waals surface area contributed by atoms with Crippen molar-refractivity contribution in [1.29, 1.82) is 0 Å². The fraction of sp³-hybridized carbons (Fsp3) is 0.435. The molecule has 2 aromatic rings. The van der Waals surface area contributed by atoms with Crippen molar-refractivity contribution in [3.63, 3.8) is 0 Å². The molecule has 1 aliphatic heterocycles. The predicted octanol–water partition coefficient (Wildman–Crippen LogP) is 5.45. The summed E-state index contributed by atoms with van der Waals surface area (Å²) in [4.78, 5) is 15.1. The van der Waals surface area contributed by atoms with E-state index in [1.54, 1.807) is 12.1 Å². The normalized spacial score (nSPS) is 17.5. The molecule has 0 aliphatic carbocycles. The van der Waals surface area contributed by atoms with Crippen LogP contribution < -0.4 is 5.32 Å². The number of nitrogens with one attached hydrogen (secondary N) is 1. The SMILES string of the molecule is CCc1cccc(CC)c1NC(=O)C1CCCN(Cc2c(F)cccc2Cl)C1. The number of benzene rings is 2. The minimum absolute atomic E-state index is 0.0555. The first kappa shape index (κ1) is 20.8. The van der Waals surface area contributed by atoms with Crippen molar-refractivity contribution in [1.82, 2.24) is 4.90 Å². The molecule has 2 aromatic carbocycles. The zero-order valence-electron chi connectivity index (χ0n) is 16.6. The van der Waals surface area contributed by atoms with Crippen LogP contribution in [0.1, 0.15) is 43.4 Å². The van der Waals surface area contributed by atoms with Gasteiger partial charge in [0.25, 0.3) is 0 Å². The molecule has 1 atom stereocenters. The van der Waals surface area contributed by atoms with E-state index < -0.39 is 0 Å². The Balaban J connectivity index is 1.70. The van der Waals surface area contributed by atoms with Gasteiger partial charge in [-0.2, -0.15) is 0 Å². The molecule has 0 bridgehead atoms. The van der Waals surface area contributed by atoms with E-state index in [4.69, 9.17) is 11.6 Å². The third kappa shape index (κ3) is 4.73. The first-order valence-corrected chi connectivity index (χ1v) is 10.5. The summed E-state index contributed by atoms with van der Waals surface area (Å²) in [6, 6.07) is 11.0. The van der Waals surface area contributed by atoms with E-state index in [2.05, 4.69) is 36.2 Å². The number of rotatable bonds is 6. The van der Waals surface area contributed by atoms with Crippen LogP contribution in [0.3, 0.4) is 0 Å². The number of nitrogens with zero attached hydrogens (tertiary/aromatic N) is 1. The molecule has 0 aromatic heterocycles. The van der Waals surface area contributed by atoms with Gasteiger partial charge in [-0.05, 0) is 55.5 Å². The number of aryl methyl sites for hydroxylation is 2. The van der Waals surface area contributed by atoms with Gasteiger partial charge in [-0.15, -0.1) is 0 Å². The van der Waals surface area contributed by atoms with Gasteiger partial charge in [-0.25, -0.2) is 4.39 Å². The summed E-state index contributed by atoms with van der Waals surface area (Å²) in [5.74, 6) is -0.336. The maximum Gasteiger partial charge on any atom is 0.228 e. The molecule has 1 fully saturated rings. The van der Waals surface area contributed by atoms with Crippen molar-refractivity contribution >= 4 is 23.2 Å². The maximum absolute atomic E-state index is 14.1. The second-order valence-electron chi connectivity index (χ2n) is 7.42. The molecule has 1 aliphatic rings. The molecule has 0 radical (unpaired) electrons. The lowest BCUT2D eigenvalue weighted by Gasteiger charge is -2.32. The van der Waals surface area contributed by atoms with E-state index in [9.17, 15) is 9.18 Å². The third-order valence-corrected chi connectivity index (χ3v) is 5.92. The number of likely N-dealkylation sites (tertiary alicyclic amines) is 1. The summed E-state index contributed by atoms with van der Waals surface area (Å²) in [6.45, 7) is 6.10. The molecular formula is C23H28ClFN2O. The van der Waals surface area contributed by atoms with Crippen LogP contribution in [0.25, 0.3) is 0 Å². The Bertz CT molecular complexity index is 797. The predicted molar refractivity (Wildman–Crippen MR) is 113 cm³/mol. The van der Waals surface area contributed by atoms with Crippen molar-refractivity contribution in [3.8, 4) is 0 Å². The highest BCUT2D eigenvalue weighted by molar-refractivity contribution is 6.31. The molecule has 3 rings (SSSR count). The van der Waals surface area contributed by atoms with Gasteiger partial charge in [0.1, 0.15) is 5.82 Å². The van der Waals surface area contributed by atoms with Crippen LogP contribution in [0.15, 0.2) is 36.4 Å². The molecule has 1 unspecified atom stereocenters. The van der Waals surface area contributed by atoms with Crippen LogP contribution in [0.2, 0.25) is 5.02 Å². The quantitative estimate of drug-likeness (QED) is 0.696. The topological polar surface area (TPSA) is 32.3 Å². The van der Waals surface area contributed by atoms with E-state index in [1.165, 1.54) is 17.2 Å². The highest BCUT2D eigenvalue weighted by Crippen LogP contribution is 2.27. The smallest absolute Gasteiger partial charge is 0.228 e. The summed E-state index contributed by atoms with van der Waals surface area (Å²) < 4.78 is 14.1. The number of carbonyl (C=O) groups excluding carboxylic acids is 1. The fourth-order valence-corrected chi connectivity index (χ4v) is 4.17. The van der Waals surface area contributed by atoms with Gasteiger partial charge in [0.2, 0.25) is 5.91 Å². The lowest BCUT2D eigenvalue weighted by Crippen LogP contribution is -2.40. The van der Waals surface area contributed by atoms with Crippen LogP contribution >= 0.6 is 11.6 Å². The summed E-state index contributed by atoms with van der Waals surface area (Å²) in [6.07, 6.45) is 3.53. The monoisotopic (exact) mass is 402 g/mol. The first-order valence-electron chi connectivity index (χ1n) is 10.1. The van der Waals surface area contributed by atoms with Crippen LogP contribution in [0.4, 0.5) is 10.1 Å². The number of hydrogen-bond donors (Lipinski definition) is 1. The molecule has 150 valence electrons. The Morgan fingerprint density at radius 1 is 1.18 bits per heavy atom. The van der Waals surface area contributed by atoms with E-state index in [0.29, 0.717) is 23.7 Å². The number of hydrogen-bond acceptors (Lipinski definition) is 2. The van der Waals surface area contributed by atoms with Crippen molar-refractivity contribution in [3.05, 3.63) is 63.9 Å².